The molecule has 2 N–H and O–H groups in total. The minimum absolute atomic E-state index is 0.261. The van der Waals surface area contributed by atoms with Crippen molar-refractivity contribution >= 4 is 46.3 Å². The molecule has 5 nitrogen and oxygen atoms in total. The van der Waals surface area contributed by atoms with Crippen molar-refractivity contribution in [2.24, 2.45) is 5.73 Å². The van der Waals surface area contributed by atoms with Crippen LogP contribution in [0, 0.1) is 0 Å². The maximum atomic E-state index is 12.8. The Morgan fingerprint density at radius 3 is 2.64 bits per heavy atom. The van der Waals surface area contributed by atoms with Gasteiger partial charge < -0.3 is 5.73 Å². The number of ketones is 1. The molecule has 0 saturated heterocycles. The molecule has 1 aromatic carbocycles. The highest BCUT2D eigenvalue weighted by molar-refractivity contribution is 7.12. The molecule has 0 bridgehead atoms. The first-order valence-corrected chi connectivity index (χ1v) is 7.65. The average Bonchev–Trinajstić information content (AvgIpc) is 3.05. The number of fused-ring (bicyclic) bond motifs is 1. The molecule has 2 heterocycles. The molecule has 1 aromatic heterocycles. The van der Waals surface area contributed by atoms with E-state index in [1.807, 2.05) is 0 Å². The molecule has 2 aromatic rings. The number of carbonyl (C=O) groups is 3. The number of hydrogen-bond acceptors (Lipinski definition) is 4. The first kappa shape index (κ1) is 14.7. The smallest absolute Gasteiger partial charge is 0.326 e. The Morgan fingerprint density at radius 1 is 1.32 bits per heavy atom. The average molecular weight is 335 g/mol. The Hall–Kier alpha value is -2.18. The van der Waals surface area contributed by atoms with Crippen LogP contribution in [-0.2, 0) is 10.2 Å². The zero-order valence-electron chi connectivity index (χ0n) is 11.5. The third-order valence-corrected chi connectivity index (χ3v) is 4.89. The van der Waals surface area contributed by atoms with E-state index in [9.17, 15) is 14.4 Å². The number of nitrogens with two attached hydrogens (primary N) is 1. The lowest BCUT2D eigenvalue weighted by Gasteiger charge is -2.21. The molecule has 1 aliphatic rings. The molecule has 3 rings (SSSR count). The zero-order chi connectivity index (χ0) is 16.1. The van der Waals surface area contributed by atoms with Crippen LogP contribution in [0.4, 0.5) is 10.5 Å². The second-order valence-electron chi connectivity index (χ2n) is 5.07. The van der Waals surface area contributed by atoms with E-state index in [2.05, 4.69) is 0 Å². The van der Waals surface area contributed by atoms with Crippen LogP contribution in [0.2, 0.25) is 5.02 Å². The van der Waals surface area contributed by atoms with Gasteiger partial charge in [0.25, 0.3) is 5.91 Å². The fraction of sp³-hybridized carbons (Fsp3) is 0.133. The molecule has 112 valence electrons. The van der Waals surface area contributed by atoms with Crippen molar-refractivity contribution < 1.29 is 14.4 Å². The van der Waals surface area contributed by atoms with Crippen LogP contribution in [0.3, 0.4) is 0 Å². The van der Waals surface area contributed by atoms with Gasteiger partial charge in [-0.25, -0.2) is 9.69 Å². The van der Waals surface area contributed by atoms with E-state index in [0.717, 1.165) is 4.90 Å². The van der Waals surface area contributed by atoms with Crippen molar-refractivity contribution in [3.8, 4) is 0 Å². The lowest BCUT2D eigenvalue weighted by Crippen LogP contribution is -2.47. The van der Waals surface area contributed by atoms with Crippen LogP contribution in [0.15, 0.2) is 35.7 Å². The summed E-state index contributed by atoms with van der Waals surface area (Å²) in [5, 5.41) is 2.11. The Kier molecular flexibility index (Phi) is 3.30. The SMILES string of the molecule is CC1(C(=O)c2cccs2)C(=O)N(C(N)=O)c2cc(Cl)ccc21. The molecule has 1 atom stereocenters. The summed E-state index contributed by atoms with van der Waals surface area (Å²) in [6, 6.07) is 7.08. The van der Waals surface area contributed by atoms with Crippen LogP contribution in [0.5, 0.6) is 0 Å². The van der Waals surface area contributed by atoms with Crippen molar-refractivity contribution in [2.75, 3.05) is 4.90 Å². The summed E-state index contributed by atoms with van der Waals surface area (Å²) in [7, 11) is 0. The second kappa shape index (κ2) is 4.93. The number of hydrogen-bond donors (Lipinski definition) is 1. The predicted octanol–water partition coefficient (Wildman–Crippen LogP) is 2.97. The molecule has 22 heavy (non-hydrogen) atoms. The number of Topliss-reactive ketones (excluding diaryl/α,β-unsaturated/α-hetero) is 1. The zero-order valence-corrected chi connectivity index (χ0v) is 13.1. The van der Waals surface area contributed by atoms with Gasteiger partial charge in [0.05, 0.1) is 10.6 Å². The van der Waals surface area contributed by atoms with Crippen LogP contribution in [0.25, 0.3) is 0 Å². The summed E-state index contributed by atoms with van der Waals surface area (Å²) < 4.78 is 0. The van der Waals surface area contributed by atoms with Gasteiger partial charge in [0.2, 0.25) is 0 Å². The standard InChI is InChI=1S/C15H11ClN2O3S/c1-15(12(19)11-3-2-6-22-11)9-5-4-8(16)7-10(9)18(13(15)20)14(17)21/h2-7H,1H3,(H2,17,21). The van der Waals surface area contributed by atoms with E-state index < -0.39 is 17.4 Å². The third kappa shape index (κ3) is 1.88. The number of imide groups is 1. The van der Waals surface area contributed by atoms with Gasteiger partial charge in [0, 0.05) is 5.02 Å². The first-order valence-electron chi connectivity index (χ1n) is 6.39. The molecule has 1 aliphatic heterocycles. The number of benzene rings is 1. The highest BCUT2D eigenvalue weighted by atomic mass is 35.5. The van der Waals surface area contributed by atoms with E-state index in [1.165, 1.54) is 24.3 Å². The third-order valence-electron chi connectivity index (χ3n) is 3.79. The lowest BCUT2D eigenvalue weighted by atomic mass is 9.79. The van der Waals surface area contributed by atoms with E-state index in [1.54, 1.807) is 29.6 Å². The molecule has 0 fully saturated rings. The minimum Gasteiger partial charge on any atom is -0.351 e. The Bertz CT molecular complexity index is 803. The maximum Gasteiger partial charge on any atom is 0.326 e. The number of carbonyl (C=O) groups excluding carboxylic acids is 3. The van der Waals surface area contributed by atoms with Crippen LogP contribution >= 0.6 is 22.9 Å². The summed E-state index contributed by atoms with van der Waals surface area (Å²) in [4.78, 5) is 38.5. The van der Waals surface area contributed by atoms with Gasteiger partial charge in [-0.05, 0) is 36.1 Å². The van der Waals surface area contributed by atoms with Gasteiger partial charge in [-0.2, -0.15) is 0 Å². The molecular formula is C15H11ClN2O3S. The van der Waals surface area contributed by atoms with Gasteiger partial charge in [-0.15, -0.1) is 11.3 Å². The van der Waals surface area contributed by atoms with Gasteiger partial charge in [0.1, 0.15) is 5.41 Å². The van der Waals surface area contributed by atoms with Gasteiger partial charge >= 0.3 is 6.03 Å². The van der Waals surface area contributed by atoms with Crippen LogP contribution < -0.4 is 10.6 Å². The van der Waals surface area contributed by atoms with Crippen molar-refractivity contribution in [3.05, 3.63) is 51.2 Å². The van der Waals surface area contributed by atoms with E-state index >= 15 is 0 Å². The quantitative estimate of drug-likeness (QED) is 0.677. The van der Waals surface area contributed by atoms with Crippen molar-refractivity contribution in [2.45, 2.75) is 12.3 Å². The van der Waals surface area contributed by atoms with Gasteiger partial charge in [-0.3, -0.25) is 9.59 Å². The number of urea groups is 1. The predicted molar refractivity (Wildman–Crippen MR) is 84.5 cm³/mol. The summed E-state index contributed by atoms with van der Waals surface area (Å²) in [6.45, 7) is 1.51. The van der Waals surface area contributed by atoms with E-state index in [-0.39, 0.29) is 11.5 Å². The lowest BCUT2D eigenvalue weighted by molar-refractivity contribution is -0.120. The summed E-state index contributed by atoms with van der Waals surface area (Å²) in [6.07, 6.45) is 0. The largest absolute Gasteiger partial charge is 0.351 e. The molecule has 0 radical (unpaired) electrons. The molecule has 7 heteroatoms. The monoisotopic (exact) mass is 334 g/mol. The highest BCUT2D eigenvalue weighted by Crippen LogP contribution is 2.45. The normalized spacial score (nSPS) is 20.1. The molecular weight excluding hydrogens is 324 g/mol. The summed E-state index contributed by atoms with van der Waals surface area (Å²) in [5.41, 5.74) is 4.51. The van der Waals surface area contributed by atoms with Gasteiger partial charge in [0.15, 0.2) is 5.78 Å². The Morgan fingerprint density at radius 2 is 2.05 bits per heavy atom. The topological polar surface area (TPSA) is 80.5 Å². The van der Waals surface area contributed by atoms with E-state index in [0.29, 0.717) is 15.5 Å². The van der Waals surface area contributed by atoms with Crippen LogP contribution in [-0.4, -0.2) is 17.7 Å². The highest BCUT2D eigenvalue weighted by Gasteiger charge is 2.54. The molecule has 1 unspecified atom stereocenters. The van der Waals surface area contributed by atoms with Crippen molar-refractivity contribution in [1.29, 1.82) is 0 Å². The number of rotatable bonds is 2. The molecule has 0 spiro atoms. The number of primary amides is 1. The minimum atomic E-state index is -1.49. The fourth-order valence-electron chi connectivity index (χ4n) is 2.65. The number of halogens is 1. The number of thiophene rings is 1. The summed E-state index contributed by atoms with van der Waals surface area (Å²) >= 11 is 7.18. The Labute approximate surface area is 135 Å². The first-order chi connectivity index (χ1) is 10.4. The summed E-state index contributed by atoms with van der Waals surface area (Å²) in [5.74, 6) is -1.02. The molecule has 3 amide bonds. The number of nitrogens with zero attached hydrogens (tertiary/aromatic N) is 1. The van der Waals surface area contributed by atoms with E-state index in [4.69, 9.17) is 17.3 Å². The van der Waals surface area contributed by atoms with Gasteiger partial charge in [-0.1, -0.05) is 23.7 Å². The van der Waals surface area contributed by atoms with Crippen LogP contribution in [0.1, 0.15) is 22.2 Å². The maximum absolute atomic E-state index is 12.8. The Balaban J connectivity index is 2.23. The molecule has 0 aliphatic carbocycles. The molecule has 0 saturated carbocycles. The van der Waals surface area contributed by atoms with Crippen molar-refractivity contribution in [1.82, 2.24) is 0 Å². The second-order valence-corrected chi connectivity index (χ2v) is 6.46. The fourth-order valence-corrected chi connectivity index (χ4v) is 3.59. The van der Waals surface area contributed by atoms with Crippen molar-refractivity contribution in [3.63, 3.8) is 0 Å². The number of amides is 3. The number of anilines is 1.